The summed E-state index contributed by atoms with van der Waals surface area (Å²) in [5.41, 5.74) is 0.313. The van der Waals surface area contributed by atoms with Crippen molar-refractivity contribution in [2.75, 3.05) is 20.2 Å². The van der Waals surface area contributed by atoms with Gasteiger partial charge in [0.15, 0.2) is 0 Å². The van der Waals surface area contributed by atoms with Crippen LogP contribution in [-0.2, 0) is 0 Å². The number of ether oxygens (including phenoxy) is 1. The first-order valence-corrected chi connectivity index (χ1v) is 7.25. The van der Waals surface area contributed by atoms with Crippen LogP contribution in [0.2, 0.25) is 0 Å². The molecule has 2 aromatic carbocycles. The van der Waals surface area contributed by atoms with E-state index in [-0.39, 0.29) is 0 Å². The number of carboxylic acid groups (broad SMARTS) is 1. The van der Waals surface area contributed by atoms with Crippen LogP contribution in [-0.4, -0.2) is 42.2 Å². The van der Waals surface area contributed by atoms with Crippen LogP contribution in [0.1, 0.15) is 23.2 Å². The van der Waals surface area contributed by atoms with Crippen LogP contribution >= 0.6 is 0 Å². The Bertz CT molecular complexity index is 664. The van der Waals surface area contributed by atoms with Gasteiger partial charge < -0.3 is 14.7 Å². The molecule has 0 unspecified atom stereocenters. The van der Waals surface area contributed by atoms with E-state index in [1.54, 1.807) is 12.1 Å². The third-order valence-electron chi connectivity index (χ3n) is 3.99. The molecule has 1 saturated carbocycles. The fraction of sp³-hybridized carbons (Fsp3) is 0.353. The quantitative estimate of drug-likeness (QED) is 0.886. The minimum absolute atomic E-state index is 0.313. The third kappa shape index (κ3) is 3.00. The van der Waals surface area contributed by atoms with Gasteiger partial charge in [0.1, 0.15) is 12.4 Å². The van der Waals surface area contributed by atoms with E-state index in [0.29, 0.717) is 12.2 Å². The summed E-state index contributed by atoms with van der Waals surface area (Å²) in [6.07, 6.45) is 2.57. The molecule has 1 N–H and O–H groups in total. The highest BCUT2D eigenvalue weighted by molar-refractivity contribution is 6.05. The molecule has 4 nitrogen and oxygen atoms in total. The van der Waals surface area contributed by atoms with Crippen LogP contribution < -0.4 is 4.74 Å². The molecule has 2 aromatic rings. The maximum atomic E-state index is 11.3. The van der Waals surface area contributed by atoms with E-state index < -0.39 is 5.97 Å². The van der Waals surface area contributed by atoms with Gasteiger partial charge in [0.05, 0.1) is 5.56 Å². The summed E-state index contributed by atoms with van der Waals surface area (Å²) < 4.78 is 5.87. The lowest BCUT2D eigenvalue weighted by molar-refractivity contribution is 0.0699. The van der Waals surface area contributed by atoms with Gasteiger partial charge in [-0.15, -0.1) is 0 Å². The standard InChI is InChI=1S/C17H19NO3/c1-18(12-6-7-12)10-11-21-16-9-8-15(17(19)20)13-4-2-3-5-14(13)16/h2-5,8-9,12H,6-7,10-11H2,1H3,(H,19,20). The van der Waals surface area contributed by atoms with E-state index in [9.17, 15) is 9.90 Å². The summed E-state index contributed by atoms with van der Waals surface area (Å²) >= 11 is 0. The number of likely N-dealkylation sites (N-methyl/N-ethyl adjacent to an activating group) is 1. The van der Waals surface area contributed by atoms with Gasteiger partial charge in [0.25, 0.3) is 0 Å². The van der Waals surface area contributed by atoms with Gasteiger partial charge in [0.2, 0.25) is 0 Å². The zero-order valence-electron chi connectivity index (χ0n) is 12.1. The van der Waals surface area contributed by atoms with Gasteiger partial charge in [-0.25, -0.2) is 4.79 Å². The lowest BCUT2D eigenvalue weighted by atomic mass is 10.0. The Hall–Kier alpha value is -2.07. The predicted octanol–water partition coefficient (Wildman–Crippen LogP) is 3.01. The smallest absolute Gasteiger partial charge is 0.336 e. The van der Waals surface area contributed by atoms with E-state index in [4.69, 9.17) is 4.74 Å². The fourth-order valence-electron chi connectivity index (χ4n) is 2.58. The molecule has 110 valence electrons. The van der Waals surface area contributed by atoms with Crippen molar-refractivity contribution in [1.82, 2.24) is 4.90 Å². The van der Waals surface area contributed by atoms with E-state index in [1.165, 1.54) is 12.8 Å². The molecule has 0 spiro atoms. The molecule has 0 aliphatic heterocycles. The summed E-state index contributed by atoms with van der Waals surface area (Å²) in [7, 11) is 2.12. The molecule has 0 aromatic heterocycles. The van der Waals surface area contributed by atoms with Crippen molar-refractivity contribution in [1.29, 1.82) is 0 Å². The van der Waals surface area contributed by atoms with E-state index in [0.717, 1.165) is 29.1 Å². The summed E-state index contributed by atoms with van der Waals surface area (Å²) in [5.74, 6) is -0.161. The first kappa shape index (κ1) is 13.9. The molecular formula is C17H19NO3. The van der Waals surface area contributed by atoms with Crippen molar-refractivity contribution in [3.8, 4) is 5.75 Å². The Balaban J connectivity index is 1.78. The van der Waals surface area contributed by atoms with Gasteiger partial charge >= 0.3 is 5.97 Å². The first-order chi connectivity index (χ1) is 10.2. The maximum Gasteiger partial charge on any atom is 0.336 e. The molecule has 1 aliphatic rings. The van der Waals surface area contributed by atoms with Crippen LogP contribution in [0, 0.1) is 0 Å². The fourth-order valence-corrected chi connectivity index (χ4v) is 2.58. The number of aromatic carboxylic acids is 1. The van der Waals surface area contributed by atoms with E-state index >= 15 is 0 Å². The second-order valence-corrected chi connectivity index (χ2v) is 5.52. The van der Waals surface area contributed by atoms with Gasteiger partial charge in [0, 0.05) is 18.0 Å². The third-order valence-corrected chi connectivity index (χ3v) is 3.99. The average molecular weight is 285 g/mol. The number of rotatable bonds is 6. The normalized spacial score (nSPS) is 14.6. The van der Waals surface area contributed by atoms with Crippen molar-refractivity contribution in [2.45, 2.75) is 18.9 Å². The number of nitrogens with zero attached hydrogens (tertiary/aromatic N) is 1. The van der Waals surface area contributed by atoms with Crippen LogP contribution in [0.5, 0.6) is 5.75 Å². The van der Waals surface area contributed by atoms with Gasteiger partial charge in [-0.2, -0.15) is 0 Å². The van der Waals surface area contributed by atoms with E-state index in [1.807, 2.05) is 24.3 Å². The molecule has 0 bridgehead atoms. The second-order valence-electron chi connectivity index (χ2n) is 5.52. The molecule has 4 heteroatoms. The highest BCUT2D eigenvalue weighted by atomic mass is 16.5. The maximum absolute atomic E-state index is 11.3. The summed E-state index contributed by atoms with van der Waals surface area (Å²) in [6.45, 7) is 1.50. The van der Waals surface area contributed by atoms with Crippen molar-refractivity contribution in [3.05, 3.63) is 42.0 Å². The number of hydrogen-bond acceptors (Lipinski definition) is 3. The highest BCUT2D eigenvalue weighted by Gasteiger charge is 2.25. The Morgan fingerprint density at radius 3 is 2.62 bits per heavy atom. The minimum Gasteiger partial charge on any atom is -0.492 e. The van der Waals surface area contributed by atoms with E-state index in [2.05, 4.69) is 11.9 Å². The van der Waals surface area contributed by atoms with Crippen LogP contribution in [0.25, 0.3) is 10.8 Å². The lowest BCUT2D eigenvalue weighted by Gasteiger charge is -2.17. The molecule has 3 rings (SSSR count). The Morgan fingerprint density at radius 1 is 1.24 bits per heavy atom. The van der Waals surface area contributed by atoms with Crippen molar-refractivity contribution >= 4 is 16.7 Å². The molecule has 1 aliphatic carbocycles. The SMILES string of the molecule is CN(CCOc1ccc(C(=O)O)c2ccccc12)C1CC1. The van der Waals surface area contributed by atoms with Gasteiger partial charge in [-0.1, -0.05) is 24.3 Å². The zero-order valence-corrected chi connectivity index (χ0v) is 12.1. The molecule has 0 atom stereocenters. The van der Waals surface area contributed by atoms with Crippen LogP contribution in [0.15, 0.2) is 36.4 Å². The summed E-state index contributed by atoms with van der Waals surface area (Å²) in [5, 5.41) is 10.8. The van der Waals surface area contributed by atoms with Gasteiger partial charge in [-0.05, 0) is 37.4 Å². The molecule has 21 heavy (non-hydrogen) atoms. The number of carboxylic acids is 1. The second kappa shape index (κ2) is 5.74. The zero-order chi connectivity index (χ0) is 14.8. The Morgan fingerprint density at radius 2 is 1.95 bits per heavy atom. The number of fused-ring (bicyclic) bond motifs is 1. The molecule has 0 heterocycles. The van der Waals surface area contributed by atoms with Gasteiger partial charge in [-0.3, -0.25) is 0 Å². The predicted molar refractivity (Wildman–Crippen MR) is 82.1 cm³/mol. The molecular weight excluding hydrogens is 266 g/mol. The number of carbonyl (C=O) groups is 1. The summed E-state index contributed by atoms with van der Waals surface area (Å²) in [6, 6.07) is 11.6. The van der Waals surface area contributed by atoms with Crippen molar-refractivity contribution < 1.29 is 14.6 Å². The van der Waals surface area contributed by atoms with Crippen LogP contribution in [0.4, 0.5) is 0 Å². The minimum atomic E-state index is -0.911. The highest BCUT2D eigenvalue weighted by Crippen LogP contribution is 2.29. The molecule has 0 saturated heterocycles. The molecule has 1 fully saturated rings. The van der Waals surface area contributed by atoms with Crippen molar-refractivity contribution in [3.63, 3.8) is 0 Å². The molecule has 0 amide bonds. The monoisotopic (exact) mass is 285 g/mol. The lowest BCUT2D eigenvalue weighted by Crippen LogP contribution is -2.26. The van der Waals surface area contributed by atoms with Crippen LogP contribution in [0.3, 0.4) is 0 Å². The Labute approximate surface area is 123 Å². The topological polar surface area (TPSA) is 49.8 Å². The number of benzene rings is 2. The van der Waals surface area contributed by atoms with Crippen molar-refractivity contribution in [2.24, 2.45) is 0 Å². The molecule has 0 radical (unpaired) electrons. The largest absolute Gasteiger partial charge is 0.492 e. The summed E-state index contributed by atoms with van der Waals surface area (Å²) in [4.78, 5) is 13.6. The Kier molecular flexibility index (Phi) is 3.80. The number of hydrogen-bond donors (Lipinski definition) is 1. The first-order valence-electron chi connectivity index (χ1n) is 7.25. The average Bonchev–Trinajstić information content (AvgIpc) is 3.31.